The van der Waals surface area contributed by atoms with Gasteiger partial charge in [0.2, 0.25) is 5.91 Å². The summed E-state index contributed by atoms with van der Waals surface area (Å²) < 4.78 is 2.88. The first kappa shape index (κ1) is 16.2. The summed E-state index contributed by atoms with van der Waals surface area (Å²) in [5.41, 5.74) is 3.50. The highest BCUT2D eigenvalue weighted by Crippen LogP contribution is 2.25. The van der Waals surface area contributed by atoms with E-state index in [2.05, 4.69) is 56.8 Å². The van der Waals surface area contributed by atoms with Gasteiger partial charge in [-0.3, -0.25) is 9.48 Å². The van der Waals surface area contributed by atoms with Crippen molar-refractivity contribution in [2.24, 2.45) is 7.05 Å². The molecule has 1 saturated heterocycles. The monoisotopic (exact) mass is 376 g/mol. The topological polar surface area (TPSA) is 59.0 Å². The standard InChI is InChI=1S/C17H21BrN4O/c1-11-3-4-12(14(18)7-11)8-19-15-5-6-16(23)21-17(15)13-9-20-22(2)10-13/h3-4,7,9-10,15,17,19H,5-6,8H2,1-2H3,(H,21,23)/t15-,17+/m1/s1. The number of aromatic nitrogens is 2. The van der Waals surface area contributed by atoms with Crippen molar-refractivity contribution in [3.8, 4) is 0 Å². The highest BCUT2D eigenvalue weighted by Gasteiger charge is 2.30. The Morgan fingerprint density at radius 1 is 1.48 bits per heavy atom. The first-order valence-corrected chi connectivity index (χ1v) is 8.58. The van der Waals surface area contributed by atoms with Crippen molar-refractivity contribution in [3.63, 3.8) is 0 Å². The van der Waals surface area contributed by atoms with Crippen molar-refractivity contribution in [1.82, 2.24) is 20.4 Å². The summed E-state index contributed by atoms with van der Waals surface area (Å²) in [5, 5.41) is 10.9. The summed E-state index contributed by atoms with van der Waals surface area (Å²) in [4.78, 5) is 11.8. The van der Waals surface area contributed by atoms with Crippen LogP contribution in [0.4, 0.5) is 0 Å². The maximum atomic E-state index is 11.8. The Morgan fingerprint density at radius 2 is 2.30 bits per heavy atom. The van der Waals surface area contributed by atoms with Crippen LogP contribution in [0.3, 0.4) is 0 Å². The molecule has 1 aliphatic heterocycles. The van der Waals surface area contributed by atoms with Crippen LogP contribution in [0.1, 0.15) is 35.6 Å². The van der Waals surface area contributed by atoms with E-state index in [0.29, 0.717) is 6.42 Å². The number of halogens is 1. The Bertz CT molecular complexity index is 712. The van der Waals surface area contributed by atoms with Crippen molar-refractivity contribution in [3.05, 3.63) is 51.8 Å². The third-order valence-corrected chi connectivity index (χ3v) is 4.99. The number of aryl methyl sites for hydroxylation is 2. The smallest absolute Gasteiger partial charge is 0.220 e. The average Bonchev–Trinajstić information content (AvgIpc) is 2.94. The van der Waals surface area contributed by atoms with Crippen LogP contribution in [0.5, 0.6) is 0 Å². The van der Waals surface area contributed by atoms with E-state index in [-0.39, 0.29) is 18.0 Å². The Hall–Kier alpha value is -1.66. The van der Waals surface area contributed by atoms with Crippen LogP contribution in [0, 0.1) is 6.92 Å². The van der Waals surface area contributed by atoms with Gasteiger partial charge in [0, 0.05) is 42.3 Å². The molecule has 5 nitrogen and oxygen atoms in total. The molecule has 2 N–H and O–H groups in total. The number of carbonyl (C=O) groups excluding carboxylic acids is 1. The van der Waals surface area contributed by atoms with Gasteiger partial charge in [0.15, 0.2) is 0 Å². The minimum Gasteiger partial charge on any atom is -0.348 e. The van der Waals surface area contributed by atoms with Gasteiger partial charge in [-0.1, -0.05) is 28.1 Å². The van der Waals surface area contributed by atoms with Gasteiger partial charge in [0.05, 0.1) is 12.2 Å². The second-order valence-corrected chi connectivity index (χ2v) is 6.97. The first-order valence-electron chi connectivity index (χ1n) is 7.79. The Balaban J connectivity index is 1.72. The predicted octanol–water partition coefficient (Wildman–Crippen LogP) is 2.60. The van der Waals surface area contributed by atoms with Crippen LogP contribution in [0.25, 0.3) is 0 Å². The number of nitrogens with zero attached hydrogens (tertiary/aromatic N) is 2. The number of benzene rings is 1. The highest BCUT2D eigenvalue weighted by molar-refractivity contribution is 9.10. The molecule has 0 radical (unpaired) electrons. The lowest BCUT2D eigenvalue weighted by Crippen LogP contribution is -2.48. The van der Waals surface area contributed by atoms with Crippen molar-refractivity contribution in [2.75, 3.05) is 0 Å². The van der Waals surface area contributed by atoms with Crippen molar-refractivity contribution >= 4 is 21.8 Å². The molecule has 0 spiro atoms. The van der Waals surface area contributed by atoms with Crippen LogP contribution in [0.2, 0.25) is 0 Å². The molecule has 0 unspecified atom stereocenters. The second kappa shape index (κ2) is 6.84. The van der Waals surface area contributed by atoms with Crippen LogP contribution in [-0.4, -0.2) is 21.7 Å². The summed E-state index contributed by atoms with van der Waals surface area (Å²) in [6.07, 6.45) is 5.18. The molecule has 23 heavy (non-hydrogen) atoms. The summed E-state index contributed by atoms with van der Waals surface area (Å²) >= 11 is 3.62. The van der Waals surface area contributed by atoms with Crippen LogP contribution in [-0.2, 0) is 18.4 Å². The molecule has 122 valence electrons. The van der Waals surface area contributed by atoms with Crippen LogP contribution >= 0.6 is 15.9 Å². The maximum Gasteiger partial charge on any atom is 0.220 e. The fourth-order valence-corrected chi connectivity index (χ4v) is 3.61. The molecule has 0 bridgehead atoms. The van der Waals surface area contributed by atoms with Gasteiger partial charge in [0.1, 0.15) is 0 Å². The molecule has 2 heterocycles. The van der Waals surface area contributed by atoms with E-state index in [4.69, 9.17) is 0 Å². The lowest BCUT2D eigenvalue weighted by molar-refractivity contribution is -0.123. The fraction of sp³-hybridized carbons (Fsp3) is 0.412. The van der Waals surface area contributed by atoms with Crippen molar-refractivity contribution in [1.29, 1.82) is 0 Å². The zero-order valence-electron chi connectivity index (χ0n) is 13.3. The molecule has 1 aromatic carbocycles. The Morgan fingerprint density at radius 3 is 3.00 bits per heavy atom. The molecule has 0 saturated carbocycles. The van der Waals surface area contributed by atoms with Gasteiger partial charge in [-0.05, 0) is 30.5 Å². The Kier molecular flexibility index (Phi) is 4.82. The molecule has 2 aromatic rings. The molecule has 1 aromatic heterocycles. The van der Waals surface area contributed by atoms with E-state index >= 15 is 0 Å². The van der Waals surface area contributed by atoms with Crippen molar-refractivity contribution in [2.45, 2.75) is 38.4 Å². The Labute approximate surface area is 144 Å². The van der Waals surface area contributed by atoms with E-state index in [1.807, 2.05) is 19.4 Å². The van der Waals surface area contributed by atoms with Gasteiger partial charge in [-0.2, -0.15) is 5.10 Å². The van der Waals surface area contributed by atoms with E-state index in [1.165, 1.54) is 11.1 Å². The largest absolute Gasteiger partial charge is 0.348 e. The number of hydrogen-bond donors (Lipinski definition) is 2. The SMILES string of the molecule is Cc1ccc(CN[C@@H]2CCC(=O)N[C@H]2c2cnn(C)c2)c(Br)c1. The van der Waals surface area contributed by atoms with Crippen LogP contribution in [0.15, 0.2) is 35.1 Å². The normalized spacial score (nSPS) is 21.3. The van der Waals surface area contributed by atoms with Crippen molar-refractivity contribution < 1.29 is 4.79 Å². The van der Waals surface area contributed by atoms with Gasteiger partial charge >= 0.3 is 0 Å². The van der Waals surface area contributed by atoms with E-state index in [1.54, 1.807) is 4.68 Å². The summed E-state index contributed by atoms with van der Waals surface area (Å²) in [6.45, 7) is 2.84. The highest BCUT2D eigenvalue weighted by atomic mass is 79.9. The summed E-state index contributed by atoms with van der Waals surface area (Å²) in [5.74, 6) is 0.105. The maximum absolute atomic E-state index is 11.8. The molecular formula is C17H21BrN4O. The molecular weight excluding hydrogens is 356 g/mol. The molecule has 1 aliphatic rings. The molecule has 0 aliphatic carbocycles. The lowest BCUT2D eigenvalue weighted by atomic mass is 9.93. The molecule has 6 heteroatoms. The number of nitrogens with one attached hydrogen (secondary N) is 2. The lowest BCUT2D eigenvalue weighted by Gasteiger charge is -2.32. The van der Waals surface area contributed by atoms with Gasteiger partial charge < -0.3 is 10.6 Å². The number of rotatable bonds is 4. The summed E-state index contributed by atoms with van der Waals surface area (Å²) in [6, 6.07) is 6.54. The fourth-order valence-electron chi connectivity index (χ4n) is 2.97. The van der Waals surface area contributed by atoms with Gasteiger partial charge in [-0.25, -0.2) is 0 Å². The van der Waals surface area contributed by atoms with Gasteiger partial charge in [-0.15, -0.1) is 0 Å². The third kappa shape index (κ3) is 3.82. The average molecular weight is 377 g/mol. The molecule has 1 amide bonds. The van der Waals surface area contributed by atoms with Gasteiger partial charge in [0.25, 0.3) is 0 Å². The molecule has 2 atom stereocenters. The number of amides is 1. The number of carbonyl (C=O) groups is 1. The second-order valence-electron chi connectivity index (χ2n) is 6.11. The van der Waals surface area contributed by atoms with Crippen LogP contribution < -0.4 is 10.6 Å². The third-order valence-electron chi connectivity index (χ3n) is 4.25. The zero-order valence-corrected chi connectivity index (χ0v) is 14.9. The summed E-state index contributed by atoms with van der Waals surface area (Å²) in [7, 11) is 1.89. The minimum atomic E-state index is -0.0332. The minimum absolute atomic E-state index is 0.0332. The van der Waals surface area contributed by atoms with E-state index in [0.717, 1.165) is 23.0 Å². The van der Waals surface area contributed by atoms with E-state index < -0.39 is 0 Å². The van der Waals surface area contributed by atoms with E-state index in [9.17, 15) is 4.79 Å². The number of piperidine rings is 1. The molecule has 1 fully saturated rings. The predicted molar refractivity (Wildman–Crippen MR) is 92.8 cm³/mol. The first-order chi connectivity index (χ1) is 11.0. The molecule has 3 rings (SSSR count). The quantitative estimate of drug-likeness (QED) is 0.861. The zero-order chi connectivity index (χ0) is 16.4. The number of hydrogen-bond acceptors (Lipinski definition) is 3.